The van der Waals surface area contributed by atoms with Gasteiger partial charge in [0.15, 0.2) is 5.60 Å². The maximum Gasteiger partial charge on any atom is 0.335 e. The Morgan fingerprint density at radius 3 is 2.20 bits per heavy atom. The van der Waals surface area contributed by atoms with E-state index in [0.717, 1.165) is 0 Å². The monoisotopic (exact) mass is 237 g/mol. The normalized spacial score (nSPS) is 22.5. The average Bonchev–Trinajstić information content (AvgIpc) is 2.18. The van der Waals surface area contributed by atoms with Crippen LogP contribution in [0.3, 0.4) is 0 Å². The van der Waals surface area contributed by atoms with Gasteiger partial charge in [0.1, 0.15) is 0 Å². The van der Waals surface area contributed by atoms with Gasteiger partial charge in [0.2, 0.25) is 10.0 Å². The van der Waals surface area contributed by atoms with Crippen molar-refractivity contribution >= 4 is 16.0 Å². The molecule has 2 N–H and O–H groups in total. The lowest BCUT2D eigenvalue weighted by Gasteiger charge is -2.34. The van der Waals surface area contributed by atoms with E-state index in [9.17, 15) is 18.3 Å². The molecule has 0 aromatic rings. The van der Waals surface area contributed by atoms with E-state index >= 15 is 0 Å². The Bertz CT molecular complexity index is 342. The number of hydrogen-bond acceptors (Lipinski definition) is 4. The van der Waals surface area contributed by atoms with Gasteiger partial charge in [-0.3, -0.25) is 0 Å². The number of piperidine rings is 1. The van der Waals surface area contributed by atoms with Gasteiger partial charge in [-0.15, -0.1) is 0 Å². The maximum absolute atomic E-state index is 11.4. The number of carboxylic acids is 1. The van der Waals surface area contributed by atoms with E-state index in [-0.39, 0.29) is 31.7 Å². The molecule has 0 bridgehead atoms. The molecule has 1 heterocycles. The van der Waals surface area contributed by atoms with E-state index < -0.39 is 21.6 Å². The molecule has 0 amide bonds. The summed E-state index contributed by atoms with van der Waals surface area (Å²) in [7, 11) is -3.27. The van der Waals surface area contributed by atoms with Crippen LogP contribution in [-0.4, -0.2) is 53.3 Å². The molecule has 1 fully saturated rings. The van der Waals surface area contributed by atoms with Crippen LogP contribution in [0.4, 0.5) is 0 Å². The summed E-state index contributed by atoms with van der Waals surface area (Å²) in [5.41, 5.74) is -1.76. The summed E-state index contributed by atoms with van der Waals surface area (Å²) >= 11 is 0. The molecule has 0 atom stereocenters. The van der Waals surface area contributed by atoms with Crippen molar-refractivity contribution < 1.29 is 23.4 Å². The molecule has 0 aliphatic carbocycles. The quantitative estimate of drug-likeness (QED) is 0.673. The van der Waals surface area contributed by atoms with Gasteiger partial charge in [0, 0.05) is 25.9 Å². The highest BCUT2D eigenvalue weighted by Gasteiger charge is 2.41. The number of rotatable bonds is 3. The second-order valence-corrected chi connectivity index (χ2v) is 5.89. The zero-order valence-electron chi connectivity index (χ0n) is 8.51. The topological polar surface area (TPSA) is 94.9 Å². The van der Waals surface area contributed by atoms with Gasteiger partial charge >= 0.3 is 5.97 Å². The number of aliphatic carboxylic acids is 1. The molecule has 0 aromatic heterocycles. The Morgan fingerprint density at radius 2 is 1.87 bits per heavy atom. The highest BCUT2D eigenvalue weighted by Crippen LogP contribution is 2.24. The van der Waals surface area contributed by atoms with Gasteiger partial charge in [-0.2, -0.15) is 0 Å². The predicted molar refractivity (Wildman–Crippen MR) is 52.9 cm³/mol. The molecule has 0 radical (unpaired) electrons. The molecule has 0 aromatic carbocycles. The average molecular weight is 237 g/mol. The first-order valence-electron chi connectivity index (χ1n) is 4.75. The fraction of sp³-hybridized carbons (Fsp3) is 0.875. The van der Waals surface area contributed by atoms with E-state index in [1.165, 1.54) is 11.2 Å². The molecule has 15 heavy (non-hydrogen) atoms. The van der Waals surface area contributed by atoms with Crippen LogP contribution in [0.25, 0.3) is 0 Å². The predicted octanol–water partition coefficient (Wildman–Crippen LogP) is -0.752. The van der Waals surface area contributed by atoms with Crippen molar-refractivity contribution in [3.8, 4) is 0 Å². The molecular weight excluding hydrogens is 222 g/mol. The van der Waals surface area contributed by atoms with E-state index in [4.69, 9.17) is 5.11 Å². The highest BCUT2D eigenvalue weighted by atomic mass is 32.2. The van der Waals surface area contributed by atoms with Crippen molar-refractivity contribution in [3.05, 3.63) is 0 Å². The SMILES string of the molecule is CCS(=O)(=O)N1CCC(O)(C(=O)O)CC1. The van der Waals surface area contributed by atoms with Crippen LogP contribution in [0, 0.1) is 0 Å². The third-order valence-electron chi connectivity index (χ3n) is 2.71. The van der Waals surface area contributed by atoms with Crippen molar-refractivity contribution in [3.63, 3.8) is 0 Å². The van der Waals surface area contributed by atoms with Crippen molar-refractivity contribution in [2.45, 2.75) is 25.4 Å². The summed E-state index contributed by atoms with van der Waals surface area (Å²) in [5, 5.41) is 18.3. The standard InChI is InChI=1S/C8H15NO5S/c1-2-15(13,14)9-5-3-8(12,4-6-9)7(10)11/h12H,2-6H2,1H3,(H,10,11). The van der Waals surface area contributed by atoms with E-state index in [1.54, 1.807) is 0 Å². The lowest BCUT2D eigenvalue weighted by atomic mass is 9.93. The van der Waals surface area contributed by atoms with Gasteiger partial charge < -0.3 is 10.2 Å². The largest absolute Gasteiger partial charge is 0.479 e. The van der Waals surface area contributed by atoms with Crippen molar-refractivity contribution in [2.75, 3.05) is 18.8 Å². The second kappa shape index (κ2) is 4.07. The third-order valence-corrected chi connectivity index (χ3v) is 4.59. The molecule has 7 heteroatoms. The minimum absolute atomic E-state index is 0.00149. The number of carbonyl (C=O) groups is 1. The molecule has 1 aliphatic rings. The van der Waals surface area contributed by atoms with Crippen molar-refractivity contribution in [1.29, 1.82) is 0 Å². The van der Waals surface area contributed by atoms with Crippen LogP contribution in [0.2, 0.25) is 0 Å². The molecule has 1 saturated heterocycles. The summed E-state index contributed by atoms with van der Waals surface area (Å²) in [5.74, 6) is -1.28. The third kappa shape index (κ3) is 2.47. The summed E-state index contributed by atoms with van der Waals surface area (Å²) in [6, 6.07) is 0. The van der Waals surface area contributed by atoms with Gasteiger partial charge in [-0.05, 0) is 6.92 Å². The molecule has 6 nitrogen and oxygen atoms in total. The number of nitrogens with zero attached hydrogens (tertiary/aromatic N) is 1. The van der Waals surface area contributed by atoms with Crippen LogP contribution >= 0.6 is 0 Å². The lowest BCUT2D eigenvalue weighted by molar-refractivity contribution is -0.162. The molecule has 1 rings (SSSR count). The lowest BCUT2D eigenvalue weighted by Crippen LogP contribution is -2.51. The summed E-state index contributed by atoms with van der Waals surface area (Å²) in [6.07, 6.45) is -0.108. The Kier molecular flexibility index (Phi) is 3.37. The number of hydrogen-bond donors (Lipinski definition) is 2. The molecular formula is C8H15NO5S. The highest BCUT2D eigenvalue weighted by molar-refractivity contribution is 7.89. The summed E-state index contributed by atoms with van der Waals surface area (Å²) < 4.78 is 24.1. The fourth-order valence-electron chi connectivity index (χ4n) is 1.53. The first-order chi connectivity index (χ1) is 6.82. The number of sulfonamides is 1. The van der Waals surface area contributed by atoms with Gasteiger partial charge in [-0.1, -0.05) is 0 Å². The smallest absolute Gasteiger partial charge is 0.335 e. The zero-order valence-corrected chi connectivity index (χ0v) is 9.33. The van der Waals surface area contributed by atoms with Gasteiger partial charge in [0.25, 0.3) is 0 Å². The van der Waals surface area contributed by atoms with E-state index in [0.29, 0.717) is 0 Å². The van der Waals surface area contributed by atoms with Crippen LogP contribution in [-0.2, 0) is 14.8 Å². The molecule has 0 saturated carbocycles. The van der Waals surface area contributed by atoms with Crippen LogP contribution in [0.15, 0.2) is 0 Å². The van der Waals surface area contributed by atoms with E-state index in [2.05, 4.69) is 0 Å². The summed E-state index contributed by atoms with van der Waals surface area (Å²) in [4.78, 5) is 10.7. The fourth-order valence-corrected chi connectivity index (χ4v) is 2.63. The second-order valence-electron chi connectivity index (χ2n) is 3.64. The van der Waals surface area contributed by atoms with Gasteiger partial charge in [-0.25, -0.2) is 17.5 Å². The van der Waals surface area contributed by atoms with Crippen molar-refractivity contribution in [2.24, 2.45) is 0 Å². The van der Waals surface area contributed by atoms with Crippen LogP contribution < -0.4 is 0 Å². The Balaban J connectivity index is 2.68. The molecule has 0 spiro atoms. The maximum atomic E-state index is 11.4. The van der Waals surface area contributed by atoms with Crippen LogP contribution in [0.1, 0.15) is 19.8 Å². The van der Waals surface area contributed by atoms with Crippen LogP contribution in [0.5, 0.6) is 0 Å². The van der Waals surface area contributed by atoms with Crippen molar-refractivity contribution in [1.82, 2.24) is 4.31 Å². The Hall–Kier alpha value is -0.660. The Morgan fingerprint density at radius 1 is 1.40 bits per heavy atom. The number of aliphatic hydroxyl groups is 1. The van der Waals surface area contributed by atoms with E-state index in [1.807, 2.05) is 0 Å². The molecule has 0 unspecified atom stereocenters. The minimum Gasteiger partial charge on any atom is -0.479 e. The molecule has 1 aliphatic heterocycles. The van der Waals surface area contributed by atoms with Gasteiger partial charge in [0.05, 0.1) is 5.75 Å². The zero-order chi connectivity index (χ0) is 11.7. The minimum atomic E-state index is -3.27. The Labute approximate surface area is 88.6 Å². The first-order valence-corrected chi connectivity index (χ1v) is 6.36. The molecule has 88 valence electrons. The summed E-state index contributed by atoms with van der Waals surface area (Å²) in [6.45, 7) is 1.67. The number of carboxylic acid groups (broad SMARTS) is 1. The first kappa shape index (κ1) is 12.4.